The van der Waals surface area contributed by atoms with Crippen molar-refractivity contribution >= 4 is 29.2 Å². The van der Waals surface area contributed by atoms with Gasteiger partial charge >= 0.3 is 5.97 Å². The van der Waals surface area contributed by atoms with E-state index < -0.39 is 5.97 Å². The fraction of sp³-hybridized carbons (Fsp3) is 0.0714. The van der Waals surface area contributed by atoms with Crippen LogP contribution in [0, 0.1) is 6.92 Å². The van der Waals surface area contributed by atoms with Crippen molar-refractivity contribution in [3.05, 3.63) is 57.6 Å². The second-order valence-corrected chi connectivity index (χ2v) is 4.77. The maximum Gasteiger partial charge on any atom is 0.341 e. The number of halogens is 2. The third-order valence-electron chi connectivity index (χ3n) is 2.56. The molecule has 1 N–H and O–H groups in total. The van der Waals surface area contributed by atoms with Crippen LogP contribution in [0.2, 0.25) is 10.0 Å². The predicted octanol–water partition coefficient (Wildman–Crippen LogP) is 4.79. The number of aromatic carboxylic acids is 1. The maximum atomic E-state index is 11.2. The summed E-state index contributed by atoms with van der Waals surface area (Å²) in [5.41, 5.74) is 0.782. The number of ether oxygens (including phenoxy) is 1. The van der Waals surface area contributed by atoms with E-state index in [1.165, 1.54) is 6.07 Å². The molecule has 2 rings (SSSR count). The molecule has 0 atom stereocenters. The Morgan fingerprint density at radius 2 is 1.89 bits per heavy atom. The first kappa shape index (κ1) is 13.7. The van der Waals surface area contributed by atoms with E-state index in [9.17, 15) is 4.79 Å². The van der Waals surface area contributed by atoms with Gasteiger partial charge in [-0.15, -0.1) is 0 Å². The van der Waals surface area contributed by atoms with Crippen molar-refractivity contribution in [1.29, 1.82) is 0 Å². The van der Waals surface area contributed by atoms with Crippen molar-refractivity contribution in [2.45, 2.75) is 6.92 Å². The third kappa shape index (κ3) is 3.00. The summed E-state index contributed by atoms with van der Waals surface area (Å²) in [5, 5.41) is 9.80. The molecule has 0 radical (unpaired) electrons. The summed E-state index contributed by atoms with van der Waals surface area (Å²) in [6, 6.07) is 9.84. The van der Waals surface area contributed by atoms with Gasteiger partial charge in [-0.1, -0.05) is 35.3 Å². The van der Waals surface area contributed by atoms with Gasteiger partial charge in [-0.3, -0.25) is 0 Å². The first-order valence-corrected chi connectivity index (χ1v) is 6.20. The Bertz CT molecular complexity index is 639. The Kier molecular flexibility index (Phi) is 3.98. The normalized spacial score (nSPS) is 10.3. The fourth-order valence-electron chi connectivity index (χ4n) is 1.60. The topological polar surface area (TPSA) is 46.5 Å². The lowest BCUT2D eigenvalue weighted by atomic mass is 10.2. The Hall–Kier alpha value is -1.71. The molecule has 0 saturated carbocycles. The molecule has 2 aromatic rings. The summed E-state index contributed by atoms with van der Waals surface area (Å²) in [5.74, 6) is -0.456. The molecule has 0 aromatic heterocycles. The predicted molar refractivity (Wildman–Crippen MR) is 74.7 cm³/mol. The van der Waals surface area contributed by atoms with Gasteiger partial charge in [0.25, 0.3) is 0 Å². The monoisotopic (exact) mass is 296 g/mol. The lowest BCUT2D eigenvalue weighted by molar-refractivity contribution is 0.0694. The molecule has 5 heteroatoms. The number of hydrogen-bond acceptors (Lipinski definition) is 2. The molecule has 0 amide bonds. The van der Waals surface area contributed by atoms with Crippen molar-refractivity contribution in [2.24, 2.45) is 0 Å². The van der Waals surface area contributed by atoms with Gasteiger partial charge in [-0.05, 0) is 36.8 Å². The number of rotatable bonds is 3. The maximum absolute atomic E-state index is 11.2. The van der Waals surface area contributed by atoms with Crippen molar-refractivity contribution in [3.63, 3.8) is 0 Å². The largest absolute Gasteiger partial charge is 0.478 e. The Labute approximate surface area is 120 Å². The zero-order chi connectivity index (χ0) is 14.0. The van der Waals surface area contributed by atoms with Crippen LogP contribution in [0.25, 0.3) is 0 Å². The van der Waals surface area contributed by atoms with Gasteiger partial charge in [0, 0.05) is 5.02 Å². The number of carboxylic acid groups (broad SMARTS) is 1. The van der Waals surface area contributed by atoms with Crippen LogP contribution in [0.4, 0.5) is 0 Å². The quantitative estimate of drug-likeness (QED) is 0.885. The van der Waals surface area contributed by atoms with Crippen molar-refractivity contribution < 1.29 is 14.6 Å². The van der Waals surface area contributed by atoms with Crippen LogP contribution < -0.4 is 4.74 Å². The molecule has 0 unspecified atom stereocenters. The van der Waals surface area contributed by atoms with E-state index in [2.05, 4.69) is 0 Å². The van der Waals surface area contributed by atoms with Gasteiger partial charge in [0.1, 0.15) is 17.1 Å². The highest BCUT2D eigenvalue weighted by atomic mass is 35.5. The van der Waals surface area contributed by atoms with E-state index in [-0.39, 0.29) is 16.3 Å². The Balaban J connectivity index is 2.46. The summed E-state index contributed by atoms with van der Waals surface area (Å²) >= 11 is 11.8. The number of hydrogen-bond donors (Lipinski definition) is 1. The molecule has 0 saturated heterocycles. The van der Waals surface area contributed by atoms with Crippen LogP contribution in [-0.2, 0) is 0 Å². The molecule has 0 aliphatic rings. The summed E-state index contributed by atoms with van der Waals surface area (Å²) in [7, 11) is 0. The van der Waals surface area contributed by atoms with Crippen LogP contribution in [0.5, 0.6) is 11.5 Å². The number of carbonyl (C=O) groups is 1. The third-order valence-corrected chi connectivity index (χ3v) is 3.11. The lowest BCUT2D eigenvalue weighted by Gasteiger charge is -2.12. The zero-order valence-corrected chi connectivity index (χ0v) is 11.5. The van der Waals surface area contributed by atoms with Crippen LogP contribution in [0.15, 0.2) is 36.4 Å². The lowest BCUT2D eigenvalue weighted by Crippen LogP contribution is -2.01. The standard InChI is InChI=1S/C14H10Cl2O3/c1-8-5-6-9(15)7-12(8)19-11-4-2-3-10(16)13(11)14(17)18/h2-7H,1H3,(H,17,18). The summed E-state index contributed by atoms with van der Waals surface area (Å²) in [4.78, 5) is 11.2. The number of benzene rings is 2. The van der Waals surface area contributed by atoms with Gasteiger partial charge < -0.3 is 9.84 Å². The first-order valence-electron chi connectivity index (χ1n) is 5.45. The van der Waals surface area contributed by atoms with E-state index in [0.29, 0.717) is 10.8 Å². The van der Waals surface area contributed by atoms with E-state index in [1.807, 2.05) is 6.92 Å². The molecule has 98 valence electrons. The SMILES string of the molecule is Cc1ccc(Cl)cc1Oc1cccc(Cl)c1C(=O)O. The van der Waals surface area contributed by atoms with Crippen LogP contribution in [-0.4, -0.2) is 11.1 Å². The van der Waals surface area contributed by atoms with Gasteiger partial charge in [0.05, 0.1) is 5.02 Å². The zero-order valence-electron chi connectivity index (χ0n) is 9.98. The van der Waals surface area contributed by atoms with Crippen molar-refractivity contribution in [1.82, 2.24) is 0 Å². The van der Waals surface area contributed by atoms with Gasteiger partial charge in [0.2, 0.25) is 0 Å². The number of carboxylic acids is 1. The summed E-state index contributed by atoms with van der Waals surface area (Å²) < 4.78 is 5.61. The highest BCUT2D eigenvalue weighted by molar-refractivity contribution is 6.34. The van der Waals surface area contributed by atoms with Crippen LogP contribution in [0.1, 0.15) is 15.9 Å². The highest BCUT2D eigenvalue weighted by Gasteiger charge is 2.16. The molecule has 0 bridgehead atoms. The fourth-order valence-corrected chi connectivity index (χ4v) is 2.01. The molecule has 19 heavy (non-hydrogen) atoms. The molecule has 3 nitrogen and oxygen atoms in total. The minimum atomic E-state index is -1.14. The van der Waals surface area contributed by atoms with Crippen molar-refractivity contribution in [2.75, 3.05) is 0 Å². The van der Waals surface area contributed by atoms with Gasteiger partial charge in [-0.2, -0.15) is 0 Å². The van der Waals surface area contributed by atoms with Gasteiger partial charge in [-0.25, -0.2) is 4.79 Å². The average Bonchev–Trinajstić information content (AvgIpc) is 2.33. The highest BCUT2D eigenvalue weighted by Crippen LogP contribution is 2.33. The minimum absolute atomic E-state index is 0.0662. The van der Waals surface area contributed by atoms with Gasteiger partial charge in [0.15, 0.2) is 0 Å². The molecule has 0 aliphatic carbocycles. The molecule has 0 fully saturated rings. The molecular formula is C14H10Cl2O3. The molecule has 0 spiro atoms. The van der Waals surface area contributed by atoms with Crippen LogP contribution in [0.3, 0.4) is 0 Å². The molecule has 2 aromatic carbocycles. The van der Waals surface area contributed by atoms with E-state index >= 15 is 0 Å². The Morgan fingerprint density at radius 3 is 2.58 bits per heavy atom. The smallest absolute Gasteiger partial charge is 0.341 e. The molecular weight excluding hydrogens is 287 g/mol. The van der Waals surface area contributed by atoms with E-state index in [4.69, 9.17) is 33.0 Å². The Morgan fingerprint density at radius 1 is 1.16 bits per heavy atom. The summed E-state index contributed by atoms with van der Waals surface area (Å²) in [6.07, 6.45) is 0. The molecule has 0 aliphatic heterocycles. The second-order valence-electron chi connectivity index (χ2n) is 3.93. The molecule has 0 heterocycles. The summed E-state index contributed by atoms with van der Waals surface area (Å²) in [6.45, 7) is 1.84. The van der Waals surface area contributed by atoms with Crippen molar-refractivity contribution in [3.8, 4) is 11.5 Å². The second kappa shape index (κ2) is 5.51. The van der Waals surface area contributed by atoms with Crippen LogP contribution >= 0.6 is 23.2 Å². The number of aryl methyl sites for hydroxylation is 1. The van der Waals surface area contributed by atoms with E-state index in [1.54, 1.807) is 30.3 Å². The van der Waals surface area contributed by atoms with E-state index in [0.717, 1.165) is 5.56 Å². The minimum Gasteiger partial charge on any atom is -0.478 e. The first-order chi connectivity index (χ1) is 8.99. The average molecular weight is 297 g/mol.